The summed E-state index contributed by atoms with van der Waals surface area (Å²) in [6, 6.07) is 14.7. The zero-order chi connectivity index (χ0) is 36.3. The van der Waals surface area contributed by atoms with E-state index in [1.807, 2.05) is 41.4 Å². The topological polar surface area (TPSA) is 174 Å². The van der Waals surface area contributed by atoms with Crippen molar-refractivity contribution in [1.82, 2.24) is 35.5 Å². The predicted octanol–water partition coefficient (Wildman–Crippen LogP) is 5.90. The van der Waals surface area contributed by atoms with Crippen LogP contribution in [0.5, 0.6) is 0 Å². The standard InChI is InChI=1S/C39H50N8O4.H2/c1-38(2,3)51-35(48)30(16-10-11-18-40)44-36(49)39(4,5)33-22-42-34(46-33)31(20-24-21-41-28-14-8-6-12-25(24)28)45-37(50)47-19-17-27-26-13-7-9-15-29(26)43-32(27)23-47;/h6-9,12-15,21-22,30-31,41,43H,10-11,16-20,23,40H2,1-5H3,(H,42,46)(H,44,49)(H,45,50);1H/t30-,31-;/m1./s1. The van der Waals surface area contributed by atoms with Crippen LogP contribution in [-0.2, 0) is 39.1 Å². The Morgan fingerprint density at radius 1 is 0.980 bits per heavy atom. The normalized spacial score (nSPS) is 14.7. The first-order valence-corrected chi connectivity index (χ1v) is 17.8. The van der Waals surface area contributed by atoms with Gasteiger partial charge in [-0.3, -0.25) is 4.79 Å². The van der Waals surface area contributed by atoms with Crippen molar-refractivity contribution < 1.29 is 20.5 Å². The molecule has 0 spiro atoms. The van der Waals surface area contributed by atoms with Crippen molar-refractivity contribution >= 4 is 39.7 Å². The van der Waals surface area contributed by atoms with Crippen molar-refractivity contribution in [3.05, 3.63) is 89.3 Å². The molecule has 2 aromatic carbocycles. The molecule has 0 radical (unpaired) electrons. The van der Waals surface area contributed by atoms with E-state index in [2.05, 4.69) is 43.8 Å². The second kappa shape index (κ2) is 14.6. The fourth-order valence-electron chi connectivity index (χ4n) is 6.75. The Morgan fingerprint density at radius 3 is 2.45 bits per heavy atom. The lowest BCUT2D eigenvalue weighted by Crippen LogP contribution is -2.50. The number of esters is 1. The smallest absolute Gasteiger partial charge is 0.329 e. The number of amides is 3. The van der Waals surface area contributed by atoms with Crippen LogP contribution in [0.3, 0.4) is 0 Å². The van der Waals surface area contributed by atoms with Gasteiger partial charge in [0, 0.05) is 60.0 Å². The van der Waals surface area contributed by atoms with E-state index in [-0.39, 0.29) is 13.4 Å². The maximum atomic E-state index is 13.9. The molecule has 6 rings (SSSR count). The average molecular weight is 697 g/mol. The second-order valence-electron chi connectivity index (χ2n) is 15.0. The van der Waals surface area contributed by atoms with Crippen molar-refractivity contribution in [3.8, 4) is 0 Å². The van der Waals surface area contributed by atoms with Crippen LogP contribution in [0.2, 0.25) is 0 Å². The van der Waals surface area contributed by atoms with Gasteiger partial charge in [0.1, 0.15) is 17.5 Å². The summed E-state index contributed by atoms with van der Waals surface area (Å²) in [5.41, 5.74) is 9.87. The molecule has 12 nitrogen and oxygen atoms in total. The Morgan fingerprint density at radius 2 is 1.71 bits per heavy atom. The highest BCUT2D eigenvalue weighted by Gasteiger charge is 2.37. The SMILES string of the molecule is CC(C)(C)OC(=O)[C@@H](CCCCN)NC(=O)C(C)(C)c1cnc([C@@H](Cc2c[nH]c3ccccc23)NC(=O)N2CCc3c([nH]c4ccccc34)C2)[nH]1.[HH]. The lowest BCUT2D eigenvalue weighted by molar-refractivity contribution is -0.159. The van der Waals surface area contributed by atoms with Crippen molar-refractivity contribution in [1.29, 1.82) is 0 Å². The van der Waals surface area contributed by atoms with Gasteiger partial charge in [-0.15, -0.1) is 0 Å². The fourth-order valence-corrected chi connectivity index (χ4v) is 6.75. The van der Waals surface area contributed by atoms with E-state index in [0.29, 0.717) is 50.4 Å². The number of carbonyl (C=O) groups is 3. The lowest BCUT2D eigenvalue weighted by atomic mass is 9.88. The van der Waals surface area contributed by atoms with Crippen LogP contribution < -0.4 is 16.4 Å². The number of H-pyrrole nitrogens is 3. The number of rotatable bonds is 12. The van der Waals surface area contributed by atoms with Crippen molar-refractivity contribution in [2.75, 3.05) is 13.1 Å². The Hall–Kier alpha value is -5.10. The molecule has 1 aliphatic rings. The van der Waals surface area contributed by atoms with Crippen LogP contribution in [0.4, 0.5) is 4.79 Å². The third-order valence-corrected chi connectivity index (χ3v) is 9.68. The maximum absolute atomic E-state index is 13.9. The number of para-hydroxylation sites is 2. The zero-order valence-electron chi connectivity index (χ0n) is 30.2. The number of nitrogens with two attached hydrogens (primary N) is 1. The summed E-state index contributed by atoms with van der Waals surface area (Å²) in [7, 11) is 0. The van der Waals surface area contributed by atoms with Crippen molar-refractivity contribution in [3.63, 3.8) is 0 Å². The van der Waals surface area contributed by atoms with Gasteiger partial charge in [-0.1, -0.05) is 36.4 Å². The monoisotopic (exact) mass is 696 g/mol. The molecular weight excluding hydrogens is 644 g/mol. The van der Waals surface area contributed by atoms with Crippen LogP contribution >= 0.6 is 0 Å². The number of benzene rings is 2. The summed E-state index contributed by atoms with van der Waals surface area (Å²) >= 11 is 0. The van der Waals surface area contributed by atoms with Gasteiger partial charge in [0.25, 0.3) is 0 Å². The highest BCUT2D eigenvalue weighted by atomic mass is 16.6. The minimum atomic E-state index is -1.09. The number of ether oxygens (including phenoxy) is 1. The van der Waals surface area contributed by atoms with E-state index < -0.39 is 29.1 Å². The van der Waals surface area contributed by atoms with Crippen LogP contribution in [0.15, 0.2) is 60.9 Å². The Balaban J connectivity index is 0.00000523. The Labute approximate surface area is 299 Å². The number of hydrogen-bond acceptors (Lipinski definition) is 6. The molecule has 4 heterocycles. The van der Waals surface area contributed by atoms with Gasteiger partial charge in [-0.2, -0.15) is 0 Å². The first kappa shape index (κ1) is 35.7. The molecule has 0 unspecified atom stereocenters. The first-order chi connectivity index (χ1) is 24.3. The van der Waals surface area contributed by atoms with E-state index in [4.69, 9.17) is 15.5 Å². The van der Waals surface area contributed by atoms with Gasteiger partial charge < -0.3 is 41.0 Å². The molecule has 3 amide bonds. The number of hydrogen-bond donors (Lipinski definition) is 6. The van der Waals surface area contributed by atoms with Crippen LogP contribution in [0.1, 0.15) is 89.7 Å². The summed E-state index contributed by atoms with van der Waals surface area (Å²) < 4.78 is 5.63. The first-order valence-electron chi connectivity index (χ1n) is 17.8. The second-order valence-corrected chi connectivity index (χ2v) is 15.0. The maximum Gasteiger partial charge on any atom is 0.329 e. The molecular formula is C39H52N8O4. The van der Waals surface area contributed by atoms with Gasteiger partial charge in [0.2, 0.25) is 5.91 Å². The van der Waals surface area contributed by atoms with Crippen molar-refractivity contribution in [2.24, 2.45) is 5.73 Å². The quantitative estimate of drug-likeness (QED) is 0.0700. The minimum Gasteiger partial charge on any atom is -0.458 e. The summed E-state index contributed by atoms with van der Waals surface area (Å²) in [5, 5.41) is 8.46. The summed E-state index contributed by atoms with van der Waals surface area (Å²) in [5.74, 6) is -0.298. The van der Waals surface area contributed by atoms with E-state index in [9.17, 15) is 14.4 Å². The molecule has 7 N–H and O–H groups in total. The molecule has 0 fully saturated rings. The van der Waals surface area contributed by atoms with E-state index in [1.165, 1.54) is 10.9 Å². The third kappa shape index (κ3) is 7.96. The molecule has 12 heteroatoms. The van der Waals surface area contributed by atoms with Crippen molar-refractivity contribution in [2.45, 2.75) is 96.4 Å². The number of aromatic amines is 3. The van der Waals surface area contributed by atoms with Crippen LogP contribution in [-0.4, -0.2) is 67.5 Å². The summed E-state index contributed by atoms with van der Waals surface area (Å²) in [6.07, 6.45) is 6.63. The molecule has 2 atom stereocenters. The largest absolute Gasteiger partial charge is 0.458 e. The number of unbranched alkanes of at least 4 members (excludes halogenated alkanes) is 1. The predicted molar refractivity (Wildman–Crippen MR) is 200 cm³/mol. The molecule has 3 aromatic heterocycles. The average Bonchev–Trinajstić information content (AvgIpc) is 3.84. The Bertz CT molecular complexity index is 2020. The van der Waals surface area contributed by atoms with Gasteiger partial charge >= 0.3 is 12.0 Å². The number of aromatic nitrogens is 4. The molecule has 0 bridgehead atoms. The fraction of sp³-hybridized carbons (Fsp3) is 0.436. The van der Waals surface area contributed by atoms with Gasteiger partial charge in [-0.05, 0) is 90.1 Å². The molecule has 1 aliphatic heterocycles. The van der Waals surface area contributed by atoms with E-state index in [0.717, 1.165) is 40.5 Å². The Kier molecular flexibility index (Phi) is 10.2. The third-order valence-electron chi connectivity index (χ3n) is 9.68. The highest BCUT2D eigenvalue weighted by Crippen LogP contribution is 2.30. The molecule has 0 aliphatic carbocycles. The van der Waals surface area contributed by atoms with Gasteiger partial charge in [-0.25, -0.2) is 14.6 Å². The number of imidazole rings is 1. The summed E-state index contributed by atoms with van der Waals surface area (Å²) in [6.45, 7) is 10.5. The number of nitrogens with zero attached hydrogens (tertiary/aromatic N) is 2. The number of urea groups is 1. The van der Waals surface area contributed by atoms with E-state index >= 15 is 0 Å². The molecule has 5 aromatic rings. The van der Waals surface area contributed by atoms with Gasteiger partial charge in [0.15, 0.2) is 0 Å². The van der Waals surface area contributed by atoms with E-state index in [1.54, 1.807) is 40.8 Å². The number of nitrogens with one attached hydrogen (secondary N) is 5. The molecule has 0 saturated carbocycles. The zero-order valence-corrected chi connectivity index (χ0v) is 30.2. The minimum absolute atomic E-state index is 0. The lowest BCUT2D eigenvalue weighted by Gasteiger charge is -2.29. The molecule has 51 heavy (non-hydrogen) atoms. The number of carbonyl (C=O) groups excluding carboxylic acids is 3. The summed E-state index contributed by atoms with van der Waals surface area (Å²) in [4.78, 5) is 57.6. The number of fused-ring (bicyclic) bond motifs is 4. The van der Waals surface area contributed by atoms with Gasteiger partial charge in [0.05, 0.1) is 18.0 Å². The van der Waals surface area contributed by atoms with Crippen LogP contribution in [0, 0.1) is 0 Å². The molecule has 0 saturated heterocycles. The van der Waals surface area contributed by atoms with Crippen LogP contribution in [0.25, 0.3) is 21.8 Å². The highest BCUT2D eigenvalue weighted by molar-refractivity contribution is 5.91. The molecule has 272 valence electrons.